The van der Waals surface area contributed by atoms with Gasteiger partial charge in [0.25, 0.3) is 0 Å². The molecule has 6 heteroatoms. The fourth-order valence-corrected chi connectivity index (χ4v) is 6.90. The summed E-state index contributed by atoms with van der Waals surface area (Å²) in [6, 6.07) is 8.34. The second-order valence-corrected chi connectivity index (χ2v) is 10.6. The highest BCUT2D eigenvalue weighted by Gasteiger charge is 2.40. The lowest BCUT2D eigenvalue weighted by molar-refractivity contribution is 0.0775. The smallest absolute Gasteiger partial charge is 0.243 e. The number of hydrogen-bond donors (Lipinski definition) is 0. The zero-order valence-electron chi connectivity index (χ0n) is 14.9. The van der Waals surface area contributed by atoms with Crippen molar-refractivity contribution >= 4 is 21.4 Å². The van der Waals surface area contributed by atoms with Gasteiger partial charge in [-0.25, -0.2) is 8.42 Å². The largest absolute Gasteiger partial charge is 0.293 e. The number of rotatable bonds is 3. The summed E-state index contributed by atoms with van der Waals surface area (Å²) in [5.41, 5.74) is 3.99. The van der Waals surface area contributed by atoms with Crippen molar-refractivity contribution in [3.8, 4) is 0 Å². The Morgan fingerprint density at radius 1 is 0.962 bits per heavy atom. The van der Waals surface area contributed by atoms with Crippen molar-refractivity contribution in [3.63, 3.8) is 0 Å². The summed E-state index contributed by atoms with van der Waals surface area (Å²) in [5.74, 6) is 0. The van der Waals surface area contributed by atoms with Crippen molar-refractivity contribution in [2.45, 2.75) is 49.6 Å². The minimum atomic E-state index is -3.35. The van der Waals surface area contributed by atoms with Gasteiger partial charge >= 0.3 is 0 Å². The second kappa shape index (κ2) is 6.44. The van der Waals surface area contributed by atoms with E-state index in [4.69, 9.17) is 0 Å². The number of sulfonamides is 1. The van der Waals surface area contributed by atoms with Gasteiger partial charge in [-0.3, -0.25) is 4.90 Å². The fraction of sp³-hybridized carbons (Fsp3) is 0.500. The van der Waals surface area contributed by atoms with E-state index in [1.807, 2.05) is 29.5 Å². The van der Waals surface area contributed by atoms with Crippen LogP contribution in [0.1, 0.15) is 34.4 Å². The van der Waals surface area contributed by atoms with Crippen LogP contribution in [0.2, 0.25) is 0 Å². The van der Waals surface area contributed by atoms with E-state index in [1.54, 1.807) is 4.31 Å². The van der Waals surface area contributed by atoms with Crippen molar-refractivity contribution < 1.29 is 8.42 Å². The van der Waals surface area contributed by atoms with Gasteiger partial charge < -0.3 is 0 Å². The molecule has 0 spiro atoms. The number of thiophene rings is 1. The first-order valence-electron chi connectivity index (χ1n) is 9.52. The first-order chi connectivity index (χ1) is 12.6. The van der Waals surface area contributed by atoms with Gasteiger partial charge in [-0.2, -0.15) is 4.31 Å². The Morgan fingerprint density at radius 3 is 2.62 bits per heavy atom. The Kier molecular flexibility index (Phi) is 4.20. The Morgan fingerprint density at radius 2 is 1.77 bits per heavy atom. The molecule has 1 fully saturated rings. The van der Waals surface area contributed by atoms with E-state index in [0.29, 0.717) is 24.0 Å². The maximum atomic E-state index is 13.0. The molecule has 0 unspecified atom stereocenters. The van der Waals surface area contributed by atoms with Crippen LogP contribution < -0.4 is 0 Å². The molecule has 0 N–H and O–H groups in total. The molecule has 138 valence electrons. The predicted molar refractivity (Wildman–Crippen MR) is 104 cm³/mol. The Hall–Kier alpha value is -1.21. The summed E-state index contributed by atoms with van der Waals surface area (Å²) in [4.78, 5) is 4.43. The molecule has 0 amide bonds. The van der Waals surface area contributed by atoms with Gasteiger partial charge in [0, 0.05) is 37.1 Å². The third kappa shape index (κ3) is 2.83. The van der Waals surface area contributed by atoms with Gasteiger partial charge in [0.2, 0.25) is 10.0 Å². The number of hydrogen-bond acceptors (Lipinski definition) is 4. The van der Waals surface area contributed by atoms with Crippen LogP contribution in [0.25, 0.3) is 0 Å². The monoisotopic (exact) mass is 388 g/mol. The summed E-state index contributed by atoms with van der Waals surface area (Å²) >= 11 is 1.84. The van der Waals surface area contributed by atoms with Crippen LogP contribution >= 0.6 is 11.3 Å². The Labute approximate surface area is 159 Å². The van der Waals surface area contributed by atoms with Crippen molar-refractivity contribution in [3.05, 3.63) is 51.2 Å². The molecule has 5 rings (SSSR count). The Bertz CT molecular complexity index is 929. The Balaban J connectivity index is 1.28. The van der Waals surface area contributed by atoms with Crippen molar-refractivity contribution in [2.75, 3.05) is 19.6 Å². The van der Waals surface area contributed by atoms with Crippen LogP contribution in [-0.2, 0) is 35.8 Å². The first kappa shape index (κ1) is 16.9. The summed E-state index contributed by atoms with van der Waals surface area (Å²) in [6.45, 7) is 3.26. The maximum absolute atomic E-state index is 13.0. The SMILES string of the molecule is O=S(=O)(c1ccc2c(c1)CCCC2)N1CC(N2CCc3sccc3C2)C1. The van der Waals surface area contributed by atoms with Crippen LogP contribution in [0, 0.1) is 0 Å². The third-order valence-corrected chi connectivity index (χ3v) is 8.99. The van der Waals surface area contributed by atoms with Crippen LogP contribution in [0.5, 0.6) is 0 Å². The number of benzene rings is 1. The molecule has 3 aliphatic rings. The number of nitrogens with zero attached hydrogens (tertiary/aromatic N) is 2. The van der Waals surface area contributed by atoms with E-state index in [1.165, 1.54) is 34.4 Å². The average Bonchev–Trinajstić information content (AvgIpc) is 3.07. The van der Waals surface area contributed by atoms with Crippen LogP contribution in [0.3, 0.4) is 0 Å². The second-order valence-electron chi connectivity index (χ2n) is 7.70. The lowest BCUT2D eigenvalue weighted by Gasteiger charge is -2.45. The highest BCUT2D eigenvalue weighted by Crippen LogP contribution is 2.31. The van der Waals surface area contributed by atoms with Crippen LogP contribution in [0.4, 0.5) is 0 Å². The van der Waals surface area contributed by atoms with Gasteiger partial charge in [0.15, 0.2) is 0 Å². The molecule has 1 aromatic heterocycles. The molecule has 26 heavy (non-hydrogen) atoms. The van der Waals surface area contributed by atoms with E-state index in [-0.39, 0.29) is 0 Å². The summed E-state index contributed by atoms with van der Waals surface area (Å²) in [7, 11) is -3.35. The van der Waals surface area contributed by atoms with Crippen molar-refractivity contribution in [1.29, 1.82) is 0 Å². The van der Waals surface area contributed by atoms with Gasteiger partial charge in [-0.1, -0.05) is 6.07 Å². The molecule has 2 aliphatic heterocycles. The topological polar surface area (TPSA) is 40.6 Å². The molecule has 0 atom stereocenters. The van der Waals surface area contributed by atoms with Gasteiger partial charge in [-0.05, 0) is 72.4 Å². The highest BCUT2D eigenvalue weighted by atomic mass is 32.2. The van der Waals surface area contributed by atoms with Gasteiger partial charge in [0.1, 0.15) is 0 Å². The van der Waals surface area contributed by atoms with Crippen molar-refractivity contribution in [2.24, 2.45) is 0 Å². The summed E-state index contributed by atoms with van der Waals surface area (Å²) < 4.78 is 27.6. The first-order valence-corrected chi connectivity index (χ1v) is 11.8. The van der Waals surface area contributed by atoms with E-state index in [9.17, 15) is 8.42 Å². The molecule has 0 radical (unpaired) electrons. The predicted octanol–water partition coefficient (Wildman–Crippen LogP) is 3.06. The molecular weight excluding hydrogens is 364 g/mol. The van der Waals surface area contributed by atoms with E-state index >= 15 is 0 Å². The third-order valence-electron chi connectivity index (χ3n) is 6.14. The molecule has 3 heterocycles. The zero-order chi connectivity index (χ0) is 17.7. The average molecular weight is 389 g/mol. The maximum Gasteiger partial charge on any atom is 0.243 e. The standard InChI is InChI=1S/C20H24N2O2S2/c23-26(24,19-6-5-15-3-1-2-4-16(15)11-19)22-13-18(14-22)21-9-7-20-17(12-21)8-10-25-20/h5-6,8,10-11,18H,1-4,7,9,12-14H2. The summed E-state index contributed by atoms with van der Waals surface area (Å²) in [6.07, 6.45) is 5.58. The lowest BCUT2D eigenvalue weighted by atomic mass is 9.92. The minimum absolute atomic E-state index is 0.357. The zero-order valence-corrected chi connectivity index (χ0v) is 16.5. The molecule has 1 saturated heterocycles. The summed E-state index contributed by atoms with van der Waals surface area (Å²) in [5, 5.41) is 2.17. The van der Waals surface area contributed by atoms with E-state index < -0.39 is 10.0 Å². The molecule has 2 aromatic rings. The minimum Gasteiger partial charge on any atom is -0.293 e. The number of aryl methyl sites for hydroxylation is 2. The lowest BCUT2D eigenvalue weighted by Crippen LogP contribution is -2.61. The van der Waals surface area contributed by atoms with E-state index in [0.717, 1.165) is 32.4 Å². The molecule has 0 saturated carbocycles. The number of fused-ring (bicyclic) bond motifs is 2. The molecule has 1 aromatic carbocycles. The van der Waals surface area contributed by atoms with Gasteiger partial charge in [-0.15, -0.1) is 11.3 Å². The molecular formula is C20H24N2O2S2. The van der Waals surface area contributed by atoms with Gasteiger partial charge in [0.05, 0.1) is 4.90 Å². The normalized spacial score (nSPS) is 21.8. The fourth-order valence-electron chi connectivity index (χ4n) is 4.45. The van der Waals surface area contributed by atoms with Crippen LogP contribution in [0.15, 0.2) is 34.5 Å². The molecule has 1 aliphatic carbocycles. The molecule has 4 nitrogen and oxygen atoms in total. The van der Waals surface area contributed by atoms with Crippen molar-refractivity contribution in [1.82, 2.24) is 9.21 Å². The van der Waals surface area contributed by atoms with Crippen LogP contribution in [-0.4, -0.2) is 43.3 Å². The quantitative estimate of drug-likeness (QED) is 0.811. The molecule has 0 bridgehead atoms. The van der Waals surface area contributed by atoms with E-state index in [2.05, 4.69) is 16.3 Å². The highest BCUT2D eigenvalue weighted by molar-refractivity contribution is 7.89.